The molecule has 2 N–H and O–H groups in total. The van der Waals surface area contributed by atoms with Crippen LogP contribution in [0.2, 0.25) is 5.02 Å². The van der Waals surface area contributed by atoms with Crippen LogP contribution < -0.4 is 5.56 Å². The van der Waals surface area contributed by atoms with Crippen molar-refractivity contribution in [3.05, 3.63) is 50.9 Å². The van der Waals surface area contributed by atoms with Gasteiger partial charge in [-0.25, -0.2) is 4.68 Å². The molecular weight excluding hydrogens is 264 g/mol. The van der Waals surface area contributed by atoms with Crippen LogP contribution in [-0.2, 0) is 12.0 Å². The zero-order chi connectivity index (χ0) is 14.2. The summed E-state index contributed by atoms with van der Waals surface area (Å²) in [6, 6.07) is 7.02. The summed E-state index contributed by atoms with van der Waals surface area (Å²) < 4.78 is 1.41. The Bertz CT molecular complexity index is 650. The number of hydrogen-bond donors (Lipinski definition) is 2. The Balaban J connectivity index is 2.67. The van der Waals surface area contributed by atoms with Gasteiger partial charge in [0.25, 0.3) is 5.56 Å². The van der Waals surface area contributed by atoms with Gasteiger partial charge in [-0.05, 0) is 18.2 Å². The molecule has 0 aliphatic rings. The fourth-order valence-corrected chi connectivity index (χ4v) is 2.22. The SMILES string of the molecule is CC(C)(C)c1[nH]n(-c2cccc(Cl)c2)c(=O)c1CO. The van der Waals surface area contributed by atoms with Crippen LogP contribution in [0.3, 0.4) is 0 Å². The summed E-state index contributed by atoms with van der Waals surface area (Å²) in [6.07, 6.45) is 0. The van der Waals surface area contributed by atoms with E-state index in [1.165, 1.54) is 4.68 Å². The average Bonchev–Trinajstić information content (AvgIpc) is 2.66. The predicted octanol–water partition coefficient (Wildman–Crippen LogP) is 2.61. The molecule has 4 nitrogen and oxygen atoms in total. The van der Waals surface area contributed by atoms with Crippen LogP contribution in [0.1, 0.15) is 32.0 Å². The van der Waals surface area contributed by atoms with E-state index in [4.69, 9.17) is 11.6 Å². The van der Waals surface area contributed by atoms with Gasteiger partial charge < -0.3 is 5.11 Å². The highest BCUT2D eigenvalue weighted by Gasteiger charge is 2.24. The van der Waals surface area contributed by atoms with Crippen molar-refractivity contribution in [3.63, 3.8) is 0 Å². The monoisotopic (exact) mass is 280 g/mol. The highest BCUT2D eigenvalue weighted by atomic mass is 35.5. The normalized spacial score (nSPS) is 11.8. The van der Waals surface area contributed by atoms with Crippen molar-refractivity contribution < 1.29 is 5.11 Å². The fraction of sp³-hybridized carbons (Fsp3) is 0.357. The molecule has 1 aromatic carbocycles. The van der Waals surface area contributed by atoms with Gasteiger partial charge in [0, 0.05) is 16.1 Å². The number of hydrogen-bond acceptors (Lipinski definition) is 2. The molecule has 0 radical (unpaired) electrons. The van der Waals surface area contributed by atoms with Crippen molar-refractivity contribution in [3.8, 4) is 5.69 Å². The highest BCUT2D eigenvalue weighted by molar-refractivity contribution is 6.30. The summed E-state index contributed by atoms with van der Waals surface area (Å²) >= 11 is 5.94. The third-order valence-electron chi connectivity index (χ3n) is 2.96. The largest absolute Gasteiger partial charge is 0.391 e. The third kappa shape index (κ3) is 2.60. The van der Waals surface area contributed by atoms with Gasteiger partial charge in [0.2, 0.25) is 0 Å². The molecule has 0 fully saturated rings. The second-order valence-electron chi connectivity index (χ2n) is 5.49. The first kappa shape index (κ1) is 13.9. The van der Waals surface area contributed by atoms with Gasteiger partial charge in [-0.1, -0.05) is 38.4 Å². The molecule has 2 aromatic rings. The second kappa shape index (κ2) is 4.87. The van der Waals surface area contributed by atoms with Gasteiger partial charge in [0.15, 0.2) is 0 Å². The third-order valence-corrected chi connectivity index (χ3v) is 3.20. The number of H-pyrrole nitrogens is 1. The number of rotatable bonds is 2. The number of nitrogens with zero attached hydrogens (tertiary/aromatic N) is 1. The van der Waals surface area contributed by atoms with Crippen LogP contribution in [0.25, 0.3) is 5.69 Å². The van der Waals surface area contributed by atoms with Crippen molar-refractivity contribution >= 4 is 11.6 Å². The fourth-order valence-electron chi connectivity index (χ4n) is 2.04. The molecule has 0 aliphatic heterocycles. The first-order valence-electron chi connectivity index (χ1n) is 6.06. The molecule has 0 bridgehead atoms. The summed E-state index contributed by atoms with van der Waals surface area (Å²) in [5.74, 6) is 0. The maximum atomic E-state index is 12.3. The van der Waals surface area contributed by atoms with E-state index in [0.717, 1.165) is 5.69 Å². The summed E-state index contributed by atoms with van der Waals surface area (Å²) in [4.78, 5) is 12.3. The molecule has 0 saturated heterocycles. The molecular formula is C14H17ClN2O2. The van der Waals surface area contributed by atoms with E-state index in [1.54, 1.807) is 24.3 Å². The van der Waals surface area contributed by atoms with Crippen molar-refractivity contribution in [2.75, 3.05) is 0 Å². The summed E-state index contributed by atoms with van der Waals surface area (Å²) in [6.45, 7) is 5.68. The second-order valence-corrected chi connectivity index (χ2v) is 5.93. The molecule has 1 heterocycles. The van der Waals surface area contributed by atoms with Gasteiger partial charge in [-0.15, -0.1) is 0 Å². The molecule has 0 spiro atoms. The molecule has 2 rings (SSSR count). The van der Waals surface area contributed by atoms with Crippen LogP contribution in [0, 0.1) is 0 Å². The summed E-state index contributed by atoms with van der Waals surface area (Å²) in [5.41, 5.74) is 1.30. The highest BCUT2D eigenvalue weighted by Crippen LogP contribution is 2.23. The maximum Gasteiger partial charge on any atom is 0.277 e. The summed E-state index contributed by atoms with van der Waals surface area (Å²) in [7, 11) is 0. The number of aliphatic hydroxyl groups is 1. The molecule has 5 heteroatoms. The lowest BCUT2D eigenvalue weighted by molar-refractivity contribution is 0.277. The predicted molar refractivity (Wildman–Crippen MR) is 76.0 cm³/mol. The Morgan fingerprint density at radius 2 is 2.05 bits per heavy atom. The van der Waals surface area contributed by atoms with E-state index < -0.39 is 0 Å². The van der Waals surface area contributed by atoms with E-state index in [0.29, 0.717) is 16.3 Å². The van der Waals surface area contributed by atoms with Crippen molar-refractivity contribution in [2.24, 2.45) is 0 Å². The van der Waals surface area contributed by atoms with Crippen LogP contribution in [0.15, 0.2) is 29.1 Å². The maximum absolute atomic E-state index is 12.3. The Labute approximate surface area is 116 Å². The molecule has 0 aliphatic carbocycles. The summed E-state index contributed by atoms with van der Waals surface area (Å²) in [5, 5.41) is 13.0. The lowest BCUT2D eigenvalue weighted by atomic mass is 9.90. The number of aromatic amines is 1. The minimum atomic E-state index is -0.282. The van der Waals surface area contributed by atoms with Crippen molar-refractivity contribution in [1.82, 2.24) is 9.78 Å². The van der Waals surface area contributed by atoms with Gasteiger partial charge >= 0.3 is 0 Å². The van der Waals surface area contributed by atoms with E-state index >= 15 is 0 Å². The van der Waals surface area contributed by atoms with Crippen molar-refractivity contribution in [1.29, 1.82) is 0 Å². The first-order chi connectivity index (χ1) is 8.84. The van der Waals surface area contributed by atoms with Crippen LogP contribution in [0.4, 0.5) is 0 Å². The lowest BCUT2D eigenvalue weighted by Gasteiger charge is -2.17. The molecule has 0 unspecified atom stereocenters. The van der Waals surface area contributed by atoms with E-state index in [-0.39, 0.29) is 17.6 Å². The topological polar surface area (TPSA) is 58.0 Å². The van der Waals surface area contributed by atoms with Crippen molar-refractivity contribution in [2.45, 2.75) is 32.8 Å². The minimum absolute atomic E-state index is 0.241. The van der Waals surface area contributed by atoms with E-state index in [1.807, 2.05) is 20.8 Å². The van der Waals surface area contributed by atoms with Crippen LogP contribution in [-0.4, -0.2) is 14.9 Å². The molecule has 19 heavy (non-hydrogen) atoms. The number of aliphatic hydroxyl groups excluding tert-OH is 1. The van der Waals surface area contributed by atoms with E-state index in [2.05, 4.69) is 5.10 Å². The Morgan fingerprint density at radius 1 is 1.37 bits per heavy atom. The number of halogens is 1. The van der Waals surface area contributed by atoms with Gasteiger partial charge in [0.1, 0.15) is 0 Å². The van der Waals surface area contributed by atoms with Gasteiger partial charge in [-0.2, -0.15) is 0 Å². The molecule has 0 atom stereocenters. The van der Waals surface area contributed by atoms with E-state index in [9.17, 15) is 9.90 Å². The Morgan fingerprint density at radius 3 is 2.53 bits per heavy atom. The number of nitrogens with one attached hydrogen (secondary N) is 1. The number of aromatic nitrogens is 2. The molecule has 0 saturated carbocycles. The van der Waals surface area contributed by atoms with Crippen LogP contribution >= 0.6 is 11.6 Å². The molecule has 1 aromatic heterocycles. The van der Waals surface area contributed by atoms with Gasteiger partial charge in [-0.3, -0.25) is 9.89 Å². The molecule has 0 amide bonds. The average molecular weight is 281 g/mol. The standard InChI is InChI=1S/C14H17ClN2O2/c1-14(2,3)12-11(8-18)13(19)17(16-12)10-6-4-5-9(15)7-10/h4-7,16,18H,8H2,1-3H3. The zero-order valence-corrected chi connectivity index (χ0v) is 12.0. The first-order valence-corrected chi connectivity index (χ1v) is 6.43. The smallest absolute Gasteiger partial charge is 0.277 e. The lowest BCUT2D eigenvalue weighted by Crippen LogP contribution is -2.18. The molecule has 102 valence electrons. The Kier molecular flexibility index (Phi) is 3.56. The Hall–Kier alpha value is -1.52. The quantitative estimate of drug-likeness (QED) is 0.888. The van der Waals surface area contributed by atoms with Crippen LogP contribution in [0.5, 0.6) is 0 Å². The van der Waals surface area contributed by atoms with Gasteiger partial charge in [0.05, 0.1) is 17.9 Å². The minimum Gasteiger partial charge on any atom is -0.391 e. The number of benzene rings is 1. The zero-order valence-electron chi connectivity index (χ0n) is 11.2.